The van der Waals surface area contributed by atoms with Gasteiger partial charge in [-0.05, 0) is 0 Å². The highest BCUT2D eigenvalue weighted by Crippen LogP contribution is 2.20. The molecule has 8 nitrogen and oxygen atoms in total. The van der Waals surface area contributed by atoms with Crippen LogP contribution in [-0.2, 0) is 9.59 Å². The summed E-state index contributed by atoms with van der Waals surface area (Å²) in [5.74, 6) is -1.31. The normalized spacial score (nSPS) is 27.9. The number of hydrogen-bond acceptors (Lipinski definition) is 4. The highest BCUT2D eigenvalue weighted by Gasteiger charge is 2.41. The van der Waals surface area contributed by atoms with Gasteiger partial charge in [-0.1, -0.05) is 0 Å². The van der Waals surface area contributed by atoms with E-state index in [2.05, 4.69) is 0 Å². The second-order valence-corrected chi connectivity index (χ2v) is 4.92. The molecular weight excluding hydrogens is 254 g/mol. The van der Waals surface area contributed by atoms with Crippen LogP contribution in [0.3, 0.4) is 0 Å². The van der Waals surface area contributed by atoms with Crippen LogP contribution in [0.25, 0.3) is 0 Å². The van der Waals surface area contributed by atoms with Gasteiger partial charge in [0.2, 0.25) is 5.91 Å². The zero-order valence-corrected chi connectivity index (χ0v) is 10.7. The maximum atomic E-state index is 12.2. The minimum Gasteiger partial charge on any atom is -0.480 e. The summed E-state index contributed by atoms with van der Waals surface area (Å²) in [6, 6.07) is -1.51. The molecule has 0 aliphatic carbocycles. The van der Waals surface area contributed by atoms with Crippen LogP contribution in [0, 0.1) is 0 Å². The summed E-state index contributed by atoms with van der Waals surface area (Å²) in [5.41, 5.74) is 0. The average Bonchev–Trinajstić information content (AvgIpc) is 2.74. The van der Waals surface area contributed by atoms with E-state index < -0.39 is 24.1 Å². The van der Waals surface area contributed by atoms with Crippen LogP contribution < -0.4 is 0 Å². The van der Waals surface area contributed by atoms with Crippen molar-refractivity contribution in [3.05, 3.63) is 0 Å². The molecule has 2 unspecified atom stereocenters. The molecule has 0 saturated carbocycles. The van der Waals surface area contributed by atoms with Crippen molar-refractivity contribution in [3.63, 3.8) is 0 Å². The fourth-order valence-electron chi connectivity index (χ4n) is 2.36. The van der Waals surface area contributed by atoms with E-state index in [0.29, 0.717) is 13.1 Å². The summed E-state index contributed by atoms with van der Waals surface area (Å²) in [5, 5.41) is 18.6. The van der Waals surface area contributed by atoms with E-state index >= 15 is 0 Å². The monoisotopic (exact) mass is 271 g/mol. The summed E-state index contributed by atoms with van der Waals surface area (Å²) in [7, 11) is 1.66. The third-order valence-corrected chi connectivity index (χ3v) is 3.54. The Hall–Kier alpha value is -1.83. The minimum absolute atomic E-state index is 0.00364. The van der Waals surface area contributed by atoms with Crippen LogP contribution in [0.15, 0.2) is 0 Å². The van der Waals surface area contributed by atoms with Crippen molar-refractivity contribution in [2.75, 3.05) is 33.2 Å². The lowest BCUT2D eigenvalue weighted by Crippen LogP contribution is -2.56. The molecule has 0 radical (unpaired) electrons. The summed E-state index contributed by atoms with van der Waals surface area (Å²) in [4.78, 5) is 38.8. The summed E-state index contributed by atoms with van der Waals surface area (Å²) in [6.45, 7) is 0.753. The largest absolute Gasteiger partial charge is 0.480 e. The quantitative estimate of drug-likeness (QED) is 0.598. The van der Waals surface area contributed by atoms with Crippen molar-refractivity contribution in [3.8, 4) is 0 Å². The first-order valence-corrected chi connectivity index (χ1v) is 6.10. The lowest BCUT2D eigenvalue weighted by atomic mass is 10.2. The number of β-amino-alcohol motifs (C(OH)–C–C–N with tert-alkyl or cyclic N) is 1. The first kappa shape index (κ1) is 13.6. The maximum absolute atomic E-state index is 12.2. The number of nitrogens with zero attached hydrogens (tertiary/aromatic N) is 3. The Morgan fingerprint density at radius 1 is 1.32 bits per heavy atom. The topological polar surface area (TPSA) is 101 Å². The lowest BCUT2D eigenvalue weighted by Gasteiger charge is -2.35. The van der Waals surface area contributed by atoms with Gasteiger partial charge in [-0.25, -0.2) is 9.59 Å². The van der Waals surface area contributed by atoms with Gasteiger partial charge < -0.3 is 24.9 Å². The molecule has 106 valence electrons. The molecule has 2 atom stereocenters. The van der Waals surface area contributed by atoms with Gasteiger partial charge in [0.25, 0.3) is 0 Å². The third kappa shape index (κ3) is 2.62. The number of carboxylic acids is 1. The number of aliphatic hydroxyl groups is 1. The van der Waals surface area contributed by atoms with Gasteiger partial charge >= 0.3 is 12.0 Å². The number of aliphatic carboxylic acids is 1. The van der Waals surface area contributed by atoms with Gasteiger partial charge in [0.15, 0.2) is 0 Å². The van der Waals surface area contributed by atoms with Crippen molar-refractivity contribution in [2.24, 2.45) is 0 Å². The van der Waals surface area contributed by atoms with Crippen molar-refractivity contribution in [1.82, 2.24) is 14.7 Å². The van der Waals surface area contributed by atoms with Gasteiger partial charge in [0, 0.05) is 33.1 Å². The van der Waals surface area contributed by atoms with Crippen molar-refractivity contribution in [2.45, 2.75) is 18.6 Å². The van der Waals surface area contributed by atoms with Gasteiger partial charge in [-0.2, -0.15) is 0 Å². The molecule has 2 N–H and O–H groups in total. The smallest absolute Gasteiger partial charge is 0.326 e. The van der Waals surface area contributed by atoms with Gasteiger partial charge in [-0.3, -0.25) is 4.79 Å². The summed E-state index contributed by atoms with van der Waals surface area (Å²) < 4.78 is 0. The molecule has 2 aliphatic heterocycles. The lowest BCUT2D eigenvalue weighted by molar-refractivity contribution is -0.141. The second kappa shape index (κ2) is 5.04. The Morgan fingerprint density at radius 2 is 2.00 bits per heavy atom. The van der Waals surface area contributed by atoms with E-state index in [1.807, 2.05) is 0 Å². The van der Waals surface area contributed by atoms with Crippen LogP contribution in [0.4, 0.5) is 4.79 Å². The van der Waals surface area contributed by atoms with E-state index in [-0.39, 0.29) is 25.4 Å². The van der Waals surface area contributed by atoms with Crippen LogP contribution in [0.1, 0.15) is 6.42 Å². The number of rotatable bonds is 1. The molecule has 2 fully saturated rings. The van der Waals surface area contributed by atoms with Gasteiger partial charge in [-0.15, -0.1) is 0 Å². The molecule has 0 bridgehead atoms. The van der Waals surface area contributed by atoms with Gasteiger partial charge in [0.1, 0.15) is 12.6 Å². The Bertz CT molecular complexity index is 413. The highest BCUT2D eigenvalue weighted by atomic mass is 16.4. The number of piperazine rings is 1. The predicted molar refractivity (Wildman–Crippen MR) is 63.4 cm³/mol. The first-order valence-electron chi connectivity index (χ1n) is 6.10. The molecule has 0 spiro atoms. The average molecular weight is 271 g/mol. The fourth-order valence-corrected chi connectivity index (χ4v) is 2.36. The maximum Gasteiger partial charge on any atom is 0.326 e. The summed E-state index contributed by atoms with van der Waals surface area (Å²) >= 11 is 0. The van der Waals surface area contributed by atoms with E-state index in [1.165, 1.54) is 9.80 Å². The zero-order chi connectivity index (χ0) is 14.2. The van der Waals surface area contributed by atoms with E-state index in [0.717, 1.165) is 4.90 Å². The minimum atomic E-state index is -1.13. The number of carboxylic acid groups (broad SMARTS) is 1. The molecule has 19 heavy (non-hydrogen) atoms. The van der Waals surface area contributed by atoms with E-state index in [9.17, 15) is 19.5 Å². The molecule has 8 heteroatoms. The molecule has 0 aromatic rings. The number of amides is 3. The van der Waals surface area contributed by atoms with Crippen LogP contribution in [0.2, 0.25) is 0 Å². The van der Waals surface area contributed by atoms with Crippen LogP contribution in [-0.4, -0.2) is 88.2 Å². The molecule has 3 amide bonds. The van der Waals surface area contributed by atoms with Crippen LogP contribution in [0.5, 0.6) is 0 Å². The van der Waals surface area contributed by atoms with Crippen LogP contribution >= 0.6 is 0 Å². The standard InChI is InChI=1S/C11H17N3O5/c1-12-2-3-13(6-9(12)16)11(19)14-5-7(15)4-8(14)10(17)18/h7-8,15H,2-6H2,1H3,(H,17,18). The second-order valence-electron chi connectivity index (χ2n) is 4.92. The number of urea groups is 1. The Balaban J connectivity index is 2.06. The number of carbonyl (C=O) groups is 3. The summed E-state index contributed by atoms with van der Waals surface area (Å²) in [6.07, 6.45) is -0.795. The highest BCUT2D eigenvalue weighted by molar-refractivity contribution is 5.88. The first-order chi connectivity index (χ1) is 8.90. The number of likely N-dealkylation sites (tertiary alicyclic amines) is 1. The van der Waals surface area contributed by atoms with Crippen molar-refractivity contribution < 1.29 is 24.6 Å². The molecule has 0 aromatic heterocycles. The molecular formula is C11H17N3O5. The predicted octanol–water partition coefficient (Wildman–Crippen LogP) is -1.60. The molecule has 0 aromatic carbocycles. The number of hydrogen-bond donors (Lipinski definition) is 2. The zero-order valence-electron chi connectivity index (χ0n) is 10.7. The Labute approximate surface area is 110 Å². The number of likely N-dealkylation sites (N-methyl/N-ethyl adjacent to an activating group) is 1. The van der Waals surface area contributed by atoms with Gasteiger partial charge in [0.05, 0.1) is 6.10 Å². The third-order valence-electron chi connectivity index (χ3n) is 3.54. The Morgan fingerprint density at radius 3 is 2.58 bits per heavy atom. The molecule has 2 heterocycles. The molecule has 2 aliphatic rings. The van der Waals surface area contributed by atoms with Crippen molar-refractivity contribution >= 4 is 17.9 Å². The van der Waals surface area contributed by atoms with E-state index in [4.69, 9.17) is 5.11 Å². The SMILES string of the molecule is CN1CCN(C(=O)N2CC(O)CC2C(=O)O)CC1=O. The Kier molecular flexibility index (Phi) is 3.61. The molecule has 2 rings (SSSR count). The number of aliphatic hydroxyl groups excluding tert-OH is 1. The van der Waals surface area contributed by atoms with Crippen molar-refractivity contribution in [1.29, 1.82) is 0 Å². The van der Waals surface area contributed by atoms with E-state index in [1.54, 1.807) is 7.05 Å². The fraction of sp³-hybridized carbons (Fsp3) is 0.727. The number of carbonyl (C=O) groups excluding carboxylic acids is 2. The molecule has 2 saturated heterocycles.